The molecule has 0 fully saturated rings. The van der Waals surface area contributed by atoms with Crippen molar-refractivity contribution in [1.29, 1.82) is 0 Å². The van der Waals surface area contributed by atoms with Gasteiger partial charge in [0, 0.05) is 17.0 Å². The number of nitrogens with zero attached hydrogens (tertiary/aromatic N) is 3. The van der Waals surface area contributed by atoms with Crippen LogP contribution in [0.3, 0.4) is 0 Å². The van der Waals surface area contributed by atoms with Crippen molar-refractivity contribution in [1.82, 2.24) is 15.0 Å². The Morgan fingerprint density at radius 3 is 2.71 bits per heavy atom. The summed E-state index contributed by atoms with van der Waals surface area (Å²) in [5.41, 5.74) is 9.58. The molecule has 0 radical (unpaired) electrons. The zero-order valence-corrected chi connectivity index (χ0v) is 9.73. The van der Waals surface area contributed by atoms with Crippen LogP contribution in [0, 0.1) is 13.8 Å². The Kier molecular flexibility index (Phi) is 1.98. The predicted molar refractivity (Wildman–Crippen MR) is 68.7 cm³/mol. The van der Waals surface area contributed by atoms with Crippen molar-refractivity contribution in [3.8, 4) is 0 Å². The molecule has 4 nitrogen and oxygen atoms in total. The van der Waals surface area contributed by atoms with Gasteiger partial charge in [-0.05, 0) is 37.1 Å². The Bertz CT molecular complexity index is 734. The lowest BCUT2D eigenvalue weighted by Gasteiger charge is -2.05. The molecule has 1 aromatic carbocycles. The molecular weight excluding hydrogens is 212 g/mol. The van der Waals surface area contributed by atoms with Gasteiger partial charge in [0.1, 0.15) is 0 Å². The van der Waals surface area contributed by atoms with Crippen molar-refractivity contribution in [2.75, 3.05) is 5.73 Å². The maximum atomic E-state index is 5.57. The summed E-state index contributed by atoms with van der Waals surface area (Å²) in [6.45, 7) is 4.15. The van der Waals surface area contributed by atoms with Gasteiger partial charge >= 0.3 is 0 Å². The second-order valence-electron chi connectivity index (χ2n) is 4.28. The minimum Gasteiger partial charge on any atom is -0.368 e. The van der Waals surface area contributed by atoms with Gasteiger partial charge in [-0.2, -0.15) is 4.98 Å². The maximum Gasteiger partial charge on any atom is 0.222 e. The standard InChI is InChI=1S/C13H12N4/c1-7-3-8(2)10-5-9-6-15-13(14)17-12(9)16-11(10)4-7/h3-6H,1-2H3,(H2,14,15,16,17). The summed E-state index contributed by atoms with van der Waals surface area (Å²) in [6, 6.07) is 6.26. The number of rotatable bonds is 0. The molecule has 17 heavy (non-hydrogen) atoms. The van der Waals surface area contributed by atoms with Crippen LogP contribution in [0.5, 0.6) is 0 Å². The first-order valence-electron chi connectivity index (χ1n) is 5.44. The van der Waals surface area contributed by atoms with E-state index in [0.717, 1.165) is 16.3 Å². The number of pyridine rings is 1. The third-order valence-corrected chi connectivity index (χ3v) is 2.85. The van der Waals surface area contributed by atoms with Crippen LogP contribution in [0.15, 0.2) is 24.4 Å². The molecule has 2 aromatic heterocycles. The Morgan fingerprint density at radius 1 is 1.06 bits per heavy atom. The van der Waals surface area contributed by atoms with Crippen LogP contribution in [0.25, 0.3) is 21.9 Å². The summed E-state index contributed by atoms with van der Waals surface area (Å²) < 4.78 is 0. The van der Waals surface area contributed by atoms with E-state index in [2.05, 4.69) is 47.0 Å². The SMILES string of the molecule is Cc1cc(C)c2cc3cnc(N)nc3nc2c1. The summed E-state index contributed by atoms with van der Waals surface area (Å²) in [7, 11) is 0. The minimum absolute atomic E-state index is 0.258. The van der Waals surface area contributed by atoms with Crippen LogP contribution in [-0.2, 0) is 0 Å². The third-order valence-electron chi connectivity index (χ3n) is 2.85. The van der Waals surface area contributed by atoms with Gasteiger partial charge < -0.3 is 5.73 Å². The van der Waals surface area contributed by atoms with Crippen LogP contribution >= 0.6 is 0 Å². The van der Waals surface area contributed by atoms with Crippen LogP contribution in [0.1, 0.15) is 11.1 Å². The molecule has 0 aliphatic rings. The molecule has 0 bridgehead atoms. The fourth-order valence-corrected chi connectivity index (χ4v) is 2.09. The number of anilines is 1. The summed E-state index contributed by atoms with van der Waals surface area (Å²) in [4.78, 5) is 12.7. The third kappa shape index (κ3) is 1.58. The van der Waals surface area contributed by atoms with Gasteiger partial charge in [-0.1, -0.05) is 6.07 Å². The average Bonchev–Trinajstić information content (AvgIpc) is 2.26. The number of aromatic nitrogens is 3. The largest absolute Gasteiger partial charge is 0.368 e. The van der Waals surface area contributed by atoms with E-state index in [1.165, 1.54) is 11.1 Å². The van der Waals surface area contributed by atoms with Gasteiger partial charge in [0.2, 0.25) is 5.95 Å². The van der Waals surface area contributed by atoms with Gasteiger partial charge in [0.15, 0.2) is 5.65 Å². The summed E-state index contributed by atoms with van der Waals surface area (Å²) in [5, 5.41) is 2.05. The molecule has 3 aromatic rings. The minimum atomic E-state index is 0.258. The second kappa shape index (κ2) is 3.38. The van der Waals surface area contributed by atoms with Crippen LogP contribution < -0.4 is 5.73 Å². The summed E-state index contributed by atoms with van der Waals surface area (Å²) >= 11 is 0. The molecule has 3 rings (SSSR count). The molecule has 0 spiro atoms. The molecule has 0 aliphatic carbocycles. The highest BCUT2D eigenvalue weighted by Crippen LogP contribution is 2.22. The molecule has 2 heterocycles. The molecule has 0 unspecified atom stereocenters. The van der Waals surface area contributed by atoms with E-state index in [1.807, 2.05) is 0 Å². The summed E-state index contributed by atoms with van der Waals surface area (Å²) in [5.74, 6) is 0.258. The van der Waals surface area contributed by atoms with Crippen molar-refractivity contribution in [2.24, 2.45) is 0 Å². The number of nitrogens with two attached hydrogens (primary N) is 1. The lowest BCUT2D eigenvalue weighted by atomic mass is 10.1. The van der Waals surface area contributed by atoms with Gasteiger partial charge in [0.05, 0.1) is 5.52 Å². The highest BCUT2D eigenvalue weighted by Gasteiger charge is 2.05. The zero-order valence-electron chi connectivity index (χ0n) is 9.73. The van der Waals surface area contributed by atoms with Crippen molar-refractivity contribution < 1.29 is 0 Å². The van der Waals surface area contributed by atoms with Crippen LogP contribution in [0.2, 0.25) is 0 Å². The smallest absolute Gasteiger partial charge is 0.222 e. The van der Waals surface area contributed by atoms with Crippen molar-refractivity contribution in [2.45, 2.75) is 13.8 Å². The molecular formula is C13H12N4. The molecule has 4 heteroatoms. The normalized spacial score (nSPS) is 11.2. The second-order valence-corrected chi connectivity index (χ2v) is 4.28. The lowest BCUT2D eigenvalue weighted by molar-refractivity contribution is 1.21. The molecule has 0 aliphatic heterocycles. The molecule has 0 saturated carbocycles. The van der Waals surface area contributed by atoms with E-state index in [0.29, 0.717) is 5.65 Å². The first-order valence-corrected chi connectivity index (χ1v) is 5.44. The molecule has 0 atom stereocenters. The molecule has 0 amide bonds. The highest BCUT2D eigenvalue weighted by molar-refractivity contribution is 5.93. The Morgan fingerprint density at radius 2 is 1.88 bits per heavy atom. The van der Waals surface area contributed by atoms with Gasteiger partial charge in [-0.25, -0.2) is 9.97 Å². The van der Waals surface area contributed by atoms with E-state index in [-0.39, 0.29) is 5.95 Å². The predicted octanol–water partition coefficient (Wildman–Crippen LogP) is 2.38. The van der Waals surface area contributed by atoms with E-state index in [1.54, 1.807) is 6.20 Å². The molecule has 84 valence electrons. The average molecular weight is 224 g/mol. The fraction of sp³-hybridized carbons (Fsp3) is 0.154. The quantitative estimate of drug-likeness (QED) is 0.595. The summed E-state index contributed by atoms with van der Waals surface area (Å²) in [6.07, 6.45) is 1.71. The Balaban J connectivity index is 2.47. The van der Waals surface area contributed by atoms with E-state index >= 15 is 0 Å². The fourth-order valence-electron chi connectivity index (χ4n) is 2.09. The first kappa shape index (κ1) is 9.96. The number of fused-ring (bicyclic) bond motifs is 2. The Hall–Kier alpha value is -2.23. The molecule has 2 N–H and O–H groups in total. The number of hydrogen-bond donors (Lipinski definition) is 1. The van der Waals surface area contributed by atoms with Gasteiger partial charge in [0.25, 0.3) is 0 Å². The zero-order chi connectivity index (χ0) is 12.0. The lowest BCUT2D eigenvalue weighted by Crippen LogP contribution is -1.96. The number of aryl methyl sites for hydroxylation is 2. The maximum absolute atomic E-state index is 5.57. The van der Waals surface area contributed by atoms with E-state index in [9.17, 15) is 0 Å². The topological polar surface area (TPSA) is 64.7 Å². The number of nitrogen functional groups attached to an aromatic ring is 1. The number of benzene rings is 1. The van der Waals surface area contributed by atoms with E-state index < -0.39 is 0 Å². The van der Waals surface area contributed by atoms with Crippen molar-refractivity contribution in [3.05, 3.63) is 35.5 Å². The van der Waals surface area contributed by atoms with Crippen molar-refractivity contribution in [3.63, 3.8) is 0 Å². The monoisotopic (exact) mass is 224 g/mol. The molecule has 0 saturated heterocycles. The van der Waals surface area contributed by atoms with Crippen LogP contribution in [-0.4, -0.2) is 15.0 Å². The highest BCUT2D eigenvalue weighted by atomic mass is 15.0. The van der Waals surface area contributed by atoms with Gasteiger partial charge in [-0.15, -0.1) is 0 Å². The Labute approximate surface area is 98.5 Å². The number of hydrogen-bond acceptors (Lipinski definition) is 4. The first-order chi connectivity index (χ1) is 8.13. The van der Waals surface area contributed by atoms with Crippen molar-refractivity contribution >= 4 is 27.9 Å². The van der Waals surface area contributed by atoms with Gasteiger partial charge in [-0.3, -0.25) is 0 Å². The van der Waals surface area contributed by atoms with E-state index in [4.69, 9.17) is 5.73 Å². The van der Waals surface area contributed by atoms with Crippen LogP contribution in [0.4, 0.5) is 5.95 Å².